The van der Waals surface area contributed by atoms with Gasteiger partial charge in [-0.2, -0.15) is 0 Å². The Bertz CT molecular complexity index is 1190. The van der Waals surface area contributed by atoms with E-state index < -0.39 is 0 Å². The Morgan fingerprint density at radius 3 is 2.47 bits per heavy atom. The van der Waals surface area contributed by atoms with Crippen molar-refractivity contribution in [3.05, 3.63) is 64.0 Å². The van der Waals surface area contributed by atoms with E-state index in [0.29, 0.717) is 50.2 Å². The fourth-order valence-electron chi connectivity index (χ4n) is 3.34. The number of ether oxygens (including phenoxy) is 2. The molecule has 0 saturated heterocycles. The highest BCUT2D eigenvalue weighted by Crippen LogP contribution is 2.47. The number of aliphatic imine (C=N–C) groups is 1. The number of nitrogens with zero attached hydrogens (tertiary/aromatic N) is 2. The molecule has 1 aliphatic heterocycles. The second kappa shape index (κ2) is 8.34. The van der Waals surface area contributed by atoms with Crippen molar-refractivity contribution in [1.82, 2.24) is 10.3 Å². The van der Waals surface area contributed by atoms with Crippen LogP contribution >= 0.6 is 23.2 Å². The van der Waals surface area contributed by atoms with Gasteiger partial charge in [-0.15, -0.1) is 0 Å². The fraction of sp³-hybridized carbons (Fsp3) is 0.136. The maximum absolute atomic E-state index is 12.9. The van der Waals surface area contributed by atoms with Gasteiger partial charge in [-0.1, -0.05) is 35.3 Å². The highest BCUT2D eigenvalue weighted by Gasteiger charge is 2.22. The van der Waals surface area contributed by atoms with E-state index in [9.17, 15) is 4.79 Å². The molecule has 3 aromatic rings. The molecular formula is C22H17Cl2N3O3. The number of fused-ring (bicyclic) bond motifs is 1. The summed E-state index contributed by atoms with van der Waals surface area (Å²) in [6.07, 6.45) is 5.58. The number of allylic oxidation sites excluding steroid dienone is 1. The van der Waals surface area contributed by atoms with Gasteiger partial charge >= 0.3 is 0 Å². The van der Waals surface area contributed by atoms with Crippen molar-refractivity contribution in [1.29, 1.82) is 0 Å². The smallest absolute Gasteiger partial charge is 0.257 e. The molecule has 8 heteroatoms. The Balaban J connectivity index is 1.90. The van der Waals surface area contributed by atoms with Crippen LogP contribution in [0.4, 0.5) is 0 Å². The quantitative estimate of drug-likeness (QED) is 0.584. The SMILES string of the molecule is COc1cc(OC)c(Cl)c(-c2ccc(C(=O)NC3=CN=CC3)c3ncccc23)c1Cl. The number of hydrogen-bond donors (Lipinski definition) is 1. The molecule has 0 spiro atoms. The van der Waals surface area contributed by atoms with Gasteiger partial charge in [0.2, 0.25) is 0 Å². The highest BCUT2D eigenvalue weighted by atomic mass is 35.5. The van der Waals surface area contributed by atoms with Crippen LogP contribution in [0.3, 0.4) is 0 Å². The van der Waals surface area contributed by atoms with Crippen LogP contribution in [0.5, 0.6) is 11.5 Å². The molecule has 152 valence electrons. The number of nitrogens with one attached hydrogen (secondary N) is 1. The van der Waals surface area contributed by atoms with E-state index in [0.717, 1.165) is 11.1 Å². The molecule has 1 amide bonds. The average molecular weight is 442 g/mol. The lowest BCUT2D eigenvalue weighted by molar-refractivity contribution is 0.0967. The first-order chi connectivity index (χ1) is 14.5. The molecule has 0 fully saturated rings. The Hall–Kier alpha value is -3.09. The molecule has 0 unspecified atom stereocenters. The van der Waals surface area contributed by atoms with Crippen molar-refractivity contribution >= 4 is 46.2 Å². The Morgan fingerprint density at radius 2 is 1.83 bits per heavy atom. The number of methoxy groups -OCH3 is 2. The predicted molar refractivity (Wildman–Crippen MR) is 119 cm³/mol. The first kappa shape index (κ1) is 20.2. The summed E-state index contributed by atoms with van der Waals surface area (Å²) in [6, 6.07) is 8.79. The number of pyridine rings is 1. The fourth-order valence-corrected chi connectivity index (χ4v) is 4.04. The van der Waals surface area contributed by atoms with Crippen LogP contribution in [-0.2, 0) is 0 Å². The first-order valence-electron chi connectivity index (χ1n) is 9.05. The highest BCUT2D eigenvalue weighted by molar-refractivity contribution is 6.41. The molecule has 0 radical (unpaired) electrons. The Kier molecular flexibility index (Phi) is 5.61. The summed E-state index contributed by atoms with van der Waals surface area (Å²) >= 11 is 13.2. The zero-order valence-corrected chi connectivity index (χ0v) is 17.7. The molecule has 2 aromatic carbocycles. The lowest BCUT2D eigenvalue weighted by atomic mass is 9.96. The van der Waals surface area contributed by atoms with Crippen LogP contribution < -0.4 is 14.8 Å². The van der Waals surface area contributed by atoms with Gasteiger partial charge in [-0.3, -0.25) is 14.8 Å². The van der Waals surface area contributed by atoms with Crippen molar-refractivity contribution in [2.45, 2.75) is 6.42 Å². The maximum Gasteiger partial charge on any atom is 0.257 e. The summed E-state index contributed by atoms with van der Waals surface area (Å²) in [5.74, 6) is 0.599. The van der Waals surface area contributed by atoms with Crippen molar-refractivity contribution in [3.63, 3.8) is 0 Å². The van der Waals surface area contributed by atoms with Crippen molar-refractivity contribution in [2.24, 2.45) is 4.99 Å². The lowest BCUT2D eigenvalue weighted by Gasteiger charge is -2.17. The van der Waals surface area contributed by atoms with Crippen LogP contribution in [0, 0.1) is 0 Å². The van der Waals surface area contributed by atoms with Crippen molar-refractivity contribution in [3.8, 4) is 22.6 Å². The molecule has 2 heterocycles. The number of halogens is 2. The third kappa shape index (κ3) is 3.49. The molecule has 6 nitrogen and oxygen atoms in total. The zero-order chi connectivity index (χ0) is 21.3. The van der Waals surface area contributed by atoms with Gasteiger partial charge in [-0.05, 0) is 17.7 Å². The minimum Gasteiger partial charge on any atom is -0.495 e. The van der Waals surface area contributed by atoms with Gasteiger partial charge in [0.1, 0.15) is 11.5 Å². The second-order valence-electron chi connectivity index (χ2n) is 6.49. The van der Waals surface area contributed by atoms with Crippen LogP contribution in [-0.4, -0.2) is 31.3 Å². The third-order valence-corrected chi connectivity index (χ3v) is 5.53. The first-order valence-corrected chi connectivity index (χ1v) is 9.80. The maximum atomic E-state index is 12.9. The number of amides is 1. The van der Waals surface area contributed by atoms with Gasteiger partial charge in [0.25, 0.3) is 5.91 Å². The largest absolute Gasteiger partial charge is 0.495 e. The molecule has 0 aliphatic carbocycles. The van der Waals surface area contributed by atoms with Gasteiger partial charge in [0, 0.05) is 47.7 Å². The number of carbonyl (C=O) groups excluding carboxylic acids is 1. The van der Waals surface area contributed by atoms with Gasteiger partial charge in [-0.25, -0.2) is 0 Å². The molecule has 4 rings (SSSR count). The molecular weight excluding hydrogens is 425 g/mol. The van der Waals surface area contributed by atoms with Gasteiger partial charge in [0.15, 0.2) is 0 Å². The molecule has 0 saturated carbocycles. The Morgan fingerprint density at radius 1 is 1.10 bits per heavy atom. The van der Waals surface area contributed by atoms with Crippen LogP contribution in [0.15, 0.2) is 53.4 Å². The topological polar surface area (TPSA) is 72.8 Å². The van der Waals surface area contributed by atoms with Crippen LogP contribution in [0.25, 0.3) is 22.0 Å². The summed E-state index contributed by atoms with van der Waals surface area (Å²) in [6.45, 7) is 0. The molecule has 0 bridgehead atoms. The number of hydrogen-bond acceptors (Lipinski definition) is 5. The van der Waals surface area contributed by atoms with E-state index >= 15 is 0 Å². The summed E-state index contributed by atoms with van der Waals surface area (Å²) in [7, 11) is 3.04. The molecule has 30 heavy (non-hydrogen) atoms. The normalized spacial score (nSPS) is 12.7. The van der Waals surface area contributed by atoms with E-state index in [1.807, 2.05) is 6.07 Å². The molecule has 1 aliphatic rings. The summed E-state index contributed by atoms with van der Waals surface area (Å²) in [5, 5.41) is 4.29. The summed E-state index contributed by atoms with van der Waals surface area (Å²) in [5.41, 5.74) is 2.96. The standard InChI is InChI=1S/C22H17Cl2N3O3/c1-29-16-10-17(30-2)20(24)18(19(16)23)13-5-6-15(21-14(13)4-3-8-26-21)22(28)27-12-7-9-25-11-12/h3-6,8-11H,7H2,1-2H3,(H,27,28). The van der Waals surface area contributed by atoms with Crippen molar-refractivity contribution in [2.75, 3.05) is 14.2 Å². The minimum atomic E-state index is -0.262. The van der Waals surface area contributed by atoms with Gasteiger partial charge < -0.3 is 14.8 Å². The molecule has 0 atom stereocenters. The van der Waals surface area contributed by atoms with Crippen LogP contribution in [0.2, 0.25) is 10.0 Å². The second-order valence-corrected chi connectivity index (χ2v) is 7.24. The van der Waals surface area contributed by atoms with E-state index in [-0.39, 0.29) is 5.91 Å². The van der Waals surface area contributed by atoms with E-state index in [2.05, 4.69) is 15.3 Å². The molecule has 1 aromatic heterocycles. The average Bonchev–Trinajstić information content (AvgIpc) is 3.27. The predicted octanol–water partition coefficient (Wildman–Crippen LogP) is 5.27. The summed E-state index contributed by atoms with van der Waals surface area (Å²) < 4.78 is 10.8. The van der Waals surface area contributed by atoms with E-state index in [1.54, 1.807) is 42.9 Å². The Labute approximate surface area is 183 Å². The summed E-state index contributed by atoms with van der Waals surface area (Å²) in [4.78, 5) is 21.3. The van der Waals surface area contributed by atoms with E-state index in [1.165, 1.54) is 14.2 Å². The van der Waals surface area contributed by atoms with Crippen LogP contribution in [0.1, 0.15) is 16.8 Å². The molecule has 1 N–H and O–H groups in total. The lowest BCUT2D eigenvalue weighted by Crippen LogP contribution is -2.22. The zero-order valence-electron chi connectivity index (χ0n) is 16.2. The number of rotatable bonds is 5. The third-order valence-electron chi connectivity index (χ3n) is 4.78. The number of benzene rings is 2. The number of carbonyl (C=O) groups is 1. The number of aromatic nitrogens is 1. The van der Waals surface area contributed by atoms with Crippen molar-refractivity contribution < 1.29 is 14.3 Å². The van der Waals surface area contributed by atoms with Gasteiger partial charge in [0.05, 0.1) is 35.3 Å². The monoisotopic (exact) mass is 441 g/mol. The minimum absolute atomic E-state index is 0.262. The van der Waals surface area contributed by atoms with E-state index in [4.69, 9.17) is 32.7 Å².